The molecule has 166 valence electrons. The number of aromatic nitrogens is 2. The fourth-order valence-electron chi connectivity index (χ4n) is 4.28. The van der Waals surface area contributed by atoms with Crippen LogP contribution in [0.5, 0.6) is 6.01 Å². The highest BCUT2D eigenvalue weighted by Gasteiger charge is 2.44. The van der Waals surface area contributed by atoms with Gasteiger partial charge in [-0.1, -0.05) is 19.9 Å². The van der Waals surface area contributed by atoms with Gasteiger partial charge in [0.15, 0.2) is 0 Å². The number of benzene rings is 1. The lowest BCUT2D eigenvalue weighted by atomic mass is 9.95. The molecule has 1 aromatic carbocycles. The molecule has 2 aromatic rings. The maximum atomic E-state index is 11.8. The molecule has 2 heterocycles. The molecule has 0 amide bonds. The average molecular weight is 425 g/mol. The minimum atomic E-state index is -0.326. The highest BCUT2D eigenvalue weighted by Crippen LogP contribution is 2.48. The third kappa shape index (κ3) is 4.82. The number of carbonyl (C=O) groups is 1. The van der Waals surface area contributed by atoms with E-state index < -0.39 is 0 Å². The summed E-state index contributed by atoms with van der Waals surface area (Å²) < 4.78 is 10.7. The van der Waals surface area contributed by atoms with Gasteiger partial charge in [0.2, 0.25) is 0 Å². The van der Waals surface area contributed by atoms with Crippen LogP contribution in [0.3, 0.4) is 0 Å². The fourth-order valence-corrected chi connectivity index (χ4v) is 4.28. The summed E-state index contributed by atoms with van der Waals surface area (Å²) in [6.07, 6.45) is 8.39. The Morgan fingerprint density at radius 2 is 1.97 bits per heavy atom. The molecule has 1 aliphatic heterocycles. The van der Waals surface area contributed by atoms with Crippen molar-refractivity contribution in [3.05, 3.63) is 36.2 Å². The van der Waals surface area contributed by atoms with Crippen LogP contribution in [0.4, 0.5) is 17.1 Å². The molecule has 2 fully saturated rings. The van der Waals surface area contributed by atoms with Crippen LogP contribution < -0.4 is 15.0 Å². The average Bonchev–Trinajstić information content (AvgIpc) is 3.60. The first kappa shape index (κ1) is 21.6. The van der Waals surface area contributed by atoms with Crippen LogP contribution in [0, 0.1) is 5.92 Å². The van der Waals surface area contributed by atoms with Crippen molar-refractivity contribution in [2.45, 2.75) is 51.0 Å². The summed E-state index contributed by atoms with van der Waals surface area (Å²) in [7, 11) is 1.55. The minimum absolute atomic E-state index is 0.326. The van der Waals surface area contributed by atoms with Gasteiger partial charge in [0.1, 0.15) is 6.29 Å². The van der Waals surface area contributed by atoms with Crippen LogP contribution >= 0.6 is 0 Å². The van der Waals surface area contributed by atoms with E-state index in [4.69, 9.17) is 9.47 Å². The number of hydrogen-bond acceptors (Lipinski definition) is 7. The molecule has 7 heteroatoms. The number of nitrogens with zero attached hydrogens (tertiary/aromatic N) is 3. The molecular formula is C24H32N4O3. The normalized spacial score (nSPS) is 17.9. The largest absolute Gasteiger partial charge is 0.467 e. The van der Waals surface area contributed by atoms with Crippen molar-refractivity contribution in [3.8, 4) is 6.01 Å². The van der Waals surface area contributed by atoms with Gasteiger partial charge in [-0.15, -0.1) is 0 Å². The molecular weight excluding hydrogens is 392 g/mol. The van der Waals surface area contributed by atoms with Crippen molar-refractivity contribution >= 4 is 23.3 Å². The van der Waals surface area contributed by atoms with Gasteiger partial charge < -0.3 is 24.5 Å². The van der Waals surface area contributed by atoms with E-state index >= 15 is 0 Å². The predicted molar refractivity (Wildman–Crippen MR) is 121 cm³/mol. The Labute approximate surface area is 184 Å². The second-order valence-electron chi connectivity index (χ2n) is 8.98. The lowest BCUT2D eigenvalue weighted by Crippen LogP contribution is -2.42. The zero-order valence-corrected chi connectivity index (χ0v) is 18.6. The molecule has 1 aliphatic carbocycles. The van der Waals surface area contributed by atoms with E-state index in [1.54, 1.807) is 19.5 Å². The van der Waals surface area contributed by atoms with Crippen LogP contribution in [-0.2, 0) is 14.9 Å². The van der Waals surface area contributed by atoms with Crippen LogP contribution in [0.25, 0.3) is 0 Å². The van der Waals surface area contributed by atoms with Gasteiger partial charge in [-0.3, -0.25) is 0 Å². The summed E-state index contributed by atoms with van der Waals surface area (Å²) in [6.45, 7) is 7.03. The number of anilines is 3. The Morgan fingerprint density at radius 3 is 2.55 bits per heavy atom. The van der Waals surface area contributed by atoms with E-state index in [1.165, 1.54) is 0 Å². The van der Waals surface area contributed by atoms with E-state index in [0.717, 1.165) is 74.4 Å². The van der Waals surface area contributed by atoms with Crippen LogP contribution in [0.1, 0.15) is 45.1 Å². The number of aldehydes is 1. The molecule has 0 bridgehead atoms. The van der Waals surface area contributed by atoms with Gasteiger partial charge >= 0.3 is 6.01 Å². The summed E-state index contributed by atoms with van der Waals surface area (Å²) >= 11 is 0. The summed E-state index contributed by atoms with van der Waals surface area (Å²) in [5.41, 5.74) is 3.65. The Bertz CT molecular complexity index is 890. The highest BCUT2D eigenvalue weighted by atomic mass is 16.5. The lowest BCUT2D eigenvalue weighted by molar-refractivity contribution is -0.109. The quantitative estimate of drug-likeness (QED) is 0.607. The molecule has 0 unspecified atom stereocenters. The molecule has 7 nitrogen and oxygen atoms in total. The Balaban J connectivity index is 1.72. The number of hydrogen-bond donors (Lipinski definition) is 1. The maximum Gasteiger partial charge on any atom is 0.316 e. The van der Waals surface area contributed by atoms with Gasteiger partial charge in [0.05, 0.1) is 42.0 Å². The maximum absolute atomic E-state index is 11.8. The topological polar surface area (TPSA) is 76.6 Å². The Kier molecular flexibility index (Phi) is 6.41. The second-order valence-corrected chi connectivity index (χ2v) is 8.98. The van der Waals surface area contributed by atoms with Gasteiger partial charge in [0, 0.05) is 25.8 Å². The highest BCUT2D eigenvalue weighted by molar-refractivity contribution is 5.80. The van der Waals surface area contributed by atoms with E-state index in [0.29, 0.717) is 18.0 Å². The van der Waals surface area contributed by atoms with Crippen molar-refractivity contribution in [1.82, 2.24) is 9.97 Å². The molecule has 1 N–H and O–H groups in total. The predicted octanol–water partition coefficient (Wildman–Crippen LogP) is 4.10. The molecule has 1 saturated heterocycles. The smallest absolute Gasteiger partial charge is 0.316 e. The summed E-state index contributed by atoms with van der Waals surface area (Å²) in [4.78, 5) is 22.7. The fraction of sp³-hybridized carbons (Fsp3) is 0.542. The number of nitrogens with one attached hydrogen (secondary N) is 1. The number of rotatable bonds is 9. The number of ether oxygens (including phenoxy) is 2. The zero-order chi connectivity index (χ0) is 21.8. The van der Waals surface area contributed by atoms with Gasteiger partial charge in [-0.25, -0.2) is 9.97 Å². The molecule has 1 saturated carbocycles. The van der Waals surface area contributed by atoms with Crippen LogP contribution in [-0.4, -0.2) is 49.2 Å². The molecule has 0 spiro atoms. The first-order valence-corrected chi connectivity index (χ1v) is 11.1. The monoisotopic (exact) mass is 424 g/mol. The Morgan fingerprint density at radius 1 is 1.26 bits per heavy atom. The van der Waals surface area contributed by atoms with Crippen molar-refractivity contribution in [1.29, 1.82) is 0 Å². The third-order valence-corrected chi connectivity index (χ3v) is 6.18. The zero-order valence-electron chi connectivity index (χ0n) is 18.6. The molecule has 0 radical (unpaired) electrons. The number of methoxy groups -OCH3 is 1. The van der Waals surface area contributed by atoms with Gasteiger partial charge in [-0.05, 0) is 49.3 Å². The molecule has 1 aromatic heterocycles. The van der Waals surface area contributed by atoms with E-state index in [2.05, 4.69) is 52.2 Å². The van der Waals surface area contributed by atoms with E-state index in [9.17, 15) is 4.79 Å². The van der Waals surface area contributed by atoms with Crippen molar-refractivity contribution in [2.75, 3.05) is 37.1 Å². The Hall–Kier alpha value is -2.67. The van der Waals surface area contributed by atoms with Crippen LogP contribution in [0.15, 0.2) is 30.6 Å². The second kappa shape index (κ2) is 9.22. The van der Waals surface area contributed by atoms with Gasteiger partial charge in [-0.2, -0.15) is 0 Å². The van der Waals surface area contributed by atoms with Gasteiger partial charge in [0.25, 0.3) is 0 Å². The SMILES string of the molecule is COc1ncc(Nc2cc(C3(C=O)CC3)ccc2N(CC(C)C)C2CCOCC2)cn1. The summed E-state index contributed by atoms with van der Waals surface area (Å²) in [5.74, 6) is 0.518. The summed E-state index contributed by atoms with van der Waals surface area (Å²) in [6, 6.07) is 7.19. The van der Waals surface area contributed by atoms with Crippen molar-refractivity contribution in [2.24, 2.45) is 5.92 Å². The molecule has 4 rings (SSSR count). The van der Waals surface area contributed by atoms with E-state index in [1.807, 2.05) is 0 Å². The first-order valence-electron chi connectivity index (χ1n) is 11.1. The minimum Gasteiger partial charge on any atom is -0.467 e. The van der Waals surface area contributed by atoms with Crippen LogP contribution in [0.2, 0.25) is 0 Å². The molecule has 2 aliphatic rings. The van der Waals surface area contributed by atoms with Crippen molar-refractivity contribution in [3.63, 3.8) is 0 Å². The van der Waals surface area contributed by atoms with E-state index in [-0.39, 0.29) is 5.41 Å². The summed E-state index contributed by atoms with van der Waals surface area (Å²) in [5, 5.41) is 3.51. The molecule has 31 heavy (non-hydrogen) atoms. The van der Waals surface area contributed by atoms with Crippen molar-refractivity contribution < 1.29 is 14.3 Å². The lowest BCUT2D eigenvalue weighted by Gasteiger charge is -2.38. The number of carbonyl (C=O) groups excluding carboxylic acids is 1. The molecule has 0 atom stereocenters. The first-order chi connectivity index (χ1) is 15.0. The standard InChI is InChI=1S/C24H32N4O3/c1-17(2)15-28(20-6-10-31-11-7-20)22-5-4-18(24(16-29)8-9-24)12-21(22)27-19-13-25-23(30-3)26-14-19/h4-5,12-14,16-17,20,27H,6-11,15H2,1-3H3. The third-order valence-electron chi connectivity index (χ3n) is 6.18.